The van der Waals surface area contributed by atoms with Gasteiger partial charge in [0.25, 0.3) is 5.91 Å². The first kappa shape index (κ1) is 15.0. The number of carbonyl (C=O) groups is 1. The maximum Gasteiger partial charge on any atom is 0.278 e. The average Bonchev–Trinajstić information content (AvgIpc) is 2.51. The number of benzene rings is 1. The first-order valence-electron chi connectivity index (χ1n) is 7.02. The zero-order valence-electron chi connectivity index (χ0n) is 12.6. The van der Waals surface area contributed by atoms with Crippen LogP contribution in [0.5, 0.6) is 0 Å². The van der Waals surface area contributed by atoms with Gasteiger partial charge in [0.15, 0.2) is 0 Å². The zero-order chi connectivity index (χ0) is 15.2. The predicted molar refractivity (Wildman–Crippen MR) is 84.7 cm³/mol. The molecule has 1 aromatic heterocycles. The standard InChI is InChI=1S/C16H20N4O/c1-4-8-18-15-11-17-10-14(19-15)16(21)20(3)13-7-5-6-12(2)9-13/h5-7,9-11H,4,8H2,1-3H3,(H,18,19). The molecule has 110 valence electrons. The van der Waals surface area contributed by atoms with Crippen molar-refractivity contribution in [3.05, 3.63) is 47.9 Å². The summed E-state index contributed by atoms with van der Waals surface area (Å²) in [5, 5.41) is 3.13. The van der Waals surface area contributed by atoms with E-state index < -0.39 is 0 Å². The first-order valence-corrected chi connectivity index (χ1v) is 7.02. The van der Waals surface area contributed by atoms with E-state index in [9.17, 15) is 4.79 Å². The zero-order valence-corrected chi connectivity index (χ0v) is 12.6. The highest BCUT2D eigenvalue weighted by atomic mass is 16.2. The molecule has 0 atom stereocenters. The van der Waals surface area contributed by atoms with E-state index in [1.807, 2.05) is 31.2 Å². The summed E-state index contributed by atoms with van der Waals surface area (Å²) < 4.78 is 0. The highest BCUT2D eigenvalue weighted by Crippen LogP contribution is 2.16. The van der Waals surface area contributed by atoms with Gasteiger partial charge in [-0.05, 0) is 31.0 Å². The van der Waals surface area contributed by atoms with Gasteiger partial charge < -0.3 is 10.2 Å². The molecule has 0 unspecified atom stereocenters. The van der Waals surface area contributed by atoms with Crippen LogP contribution in [0.2, 0.25) is 0 Å². The van der Waals surface area contributed by atoms with Crippen molar-refractivity contribution in [3.63, 3.8) is 0 Å². The Balaban J connectivity index is 2.19. The van der Waals surface area contributed by atoms with E-state index in [1.54, 1.807) is 18.1 Å². The Morgan fingerprint density at radius 2 is 2.14 bits per heavy atom. The average molecular weight is 284 g/mol. The summed E-state index contributed by atoms with van der Waals surface area (Å²) in [6.07, 6.45) is 4.11. The van der Waals surface area contributed by atoms with E-state index in [0.717, 1.165) is 24.2 Å². The van der Waals surface area contributed by atoms with Crippen molar-refractivity contribution < 1.29 is 4.79 Å². The number of nitrogens with zero attached hydrogens (tertiary/aromatic N) is 3. The molecular formula is C16H20N4O. The second-order valence-electron chi connectivity index (χ2n) is 4.92. The molecule has 1 aromatic carbocycles. The Kier molecular flexibility index (Phi) is 4.87. The van der Waals surface area contributed by atoms with Crippen LogP contribution in [0.25, 0.3) is 0 Å². The molecule has 0 saturated carbocycles. The van der Waals surface area contributed by atoms with Crippen LogP contribution in [-0.2, 0) is 0 Å². The van der Waals surface area contributed by atoms with Gasteiger partial charge in [0.2, 0.25) is 0 Å². The molecule has 0 saturated heterocycles. The third kappa shape index (κ3) is 3.78. The molecule has 0 aliphatic carbocycles. The summed E-state index contributed by atoms with van der Waals surface area (Å²) in [7, 11) is 1.74. The summed E-state index contributed by atoms with van der Waals surface area (Å²) in [5.41, 5.74) is 2.28. The highest BCUT2D eigenvalue weighted by molar-refractivity contribution is 6.04. The summed E-state index contributed by atoms with van der Waals surface area (Å²) >= 11 is 0. The molecule has 1 N–H and O–H groups in total. The fourth-order valence-corrected chi connectivity index (χ4v) is 1.93. The van der Waals surface area contributed by atoms with E-state index in [-0.39, 0.29) is 5.91 Å². The quantitative estimate of drug-likeness (QED) is 0.917. The monoisotopic (exact) mass is 284 g/mol. The molecule has 21 heavy (non-hydrogen) atoms. The molecule has 0 radical (unpaired) electrons. The maximum atomic E-state index is 12.5. The van der Waals surface area contributed by atoms with Gasteiger partial charge in [-0.15, -0.1) is 0 Å². The van der Waals surface area contributed by atoms with Gasteiger partial charge in [0.05, 0.1) is 12.4 Å². The third-order valence-electron chi connectivity index (χ3n) is 3.10. The second kappa shape index (κ2) is 6.83. The lowest BCUT2D eigenvalue weighted by Crippen LogP contribution is -2.27. The van der Waals surface area contributed by atoms with Crippen LogP contribution in [0, 0.1) is 6.92 Å². The first-order chi connectivity index (χ1) is 10.1. The lowest BCUT2D eigenvalue weighted by Gasteiger charge is -2.17. The number of amides is 1. The molecule has 0 aliphatic rings. The highest BCUT2D eigenvalue weighted by Gasteiger charge is 2.15. The fourth-order valence-electron chi connectivity index (χ4n) is 1.93. The summed E-state index contributed by atoms with van der Waals surface area (Å²) in [5.74, 6) is 0.452. The van der Waals surface area contributed by atoms with Gasteiger partial charge in [-0.25, -0.2) is 4.98 Å². The Morgan fingerprint density at radius 1 is 1.33 bits per heavy atom. The number of nitrogens with one attached hydrogen (secondary N) is 1. The molecule has 2 rings (SSSR count). The fraction of sp³-hybridized carbons (Fsp3) is 0.312. The SMILES string of the molecule is CCCNc1cncc(C(=O)N(C)c2cccc(C)c2)n1. The Morgan fingerprint density at radius 3 is 2.86 bits per heavy atom. The number of hydrogen-bond acceptors (Lipinski definition) is 4. The van der Waals surface area contributed by atoms with Crippen LogP contribution in [0.15, 0.2) is 36.7 Å². The van der Waals surface area contributed by atoms with Gasteiger partial charge in [0, 0.05) is 19.3 Å². The van der Waals surface area contributed by atoms with E-state index in [2.05, 4.69) is 22.2 Å². The molecule has 0 aliphatic heterocycles. The second-order valence-corrected chi connectivity index (χ2v) is 4.92. The van der Waals surface area contributed by atoms with Crippen molar-refractivity contribution in [3.8, 4) is 0 Å². The van der Waals surface area contributed by atoms with Crippen molar-refractivity contribution >= 4 is 17.4 Å². The molecule has 5 nitrogen and oxygen atoms in total. The Bertz CT molecular complexity index is 627. The van der Waals surface area contributed by atoms with Gasteiger partial charge in [-0.1, -0.05) is 19.1 Å². The molecule has 2 aromatic rings. The van der Waals surface area contributed by atoms with Crippen molar-refractivity contribution in [2.24, 2.45) is 0 Å². The number of aromatic nitrogens is 2. The maximum absolute atomic E-state index is 12.5. The molecule has 0 fully saturated rings. The smallest absolute Gasteiger partial charge is 0.278 e. The lowest BCUT2D eigenvalue weighted by molar-refractivity contribution is 0.0988. The molecular weight excluding hydrogens is 264 g/mol. The van der Waals surface area contributed by atoms with Gasteiger partial charge >= 0.3 is 0 Å². The molecule has 0 spiro atoms. The van der Waals surface area contributed by atoms with Crippen LogP contribution >= 0.6 is 0 Å². The van der Waals surface area contributed by atoms with Crippen molar-refractivity contribution in [2.45, 2.75) is 20.3 Å². The van der Waals surface area contributed by atoms with Crippen molar-refractivity contribution in [1.82, 2.24) is 9.97 Å². The predicted octanol–water partition coefficient (Wildman–Crippen LogP) is 2.88. The Hall–Kier alpha value is -2.43. The van der Waals surface area contributed by atoms with E-state index in [4.69, 9.17) is 0 Å². The molecule has 1 heterocycles. The van der Waals surface area contributed by atoms with Crippen LogP contribution in [0.3, 0.4) is 0 Å². The lowest BCUT2D eigenvalue weighted by atomic mass is 10.2. The number of hydrogen-bond donors (Lipinski definition) is 1. The largest absolute Gasteiger partial charge is 0.369 e. The number of anilines is 2. The number of rotatable bonds is 5. The van der Waals surface area contributed by atoms with Gasteiger partial charge in [-0.2, -0.15) is 0 Å². The summed E-state index contributed by atoms with van der Waals surface area (Å²) in [6.45, 7) is 4.87. The van der Waals surface area contributed by atoms with Gasteiger partial charge in [-0.3, -0.25) is 9.78 Å². The number of aryl methyl sites for hydroxylation is 1. The van der Waals surface area contributed by atoms with E-state index in [1.165, 1.54) is 6.20 Å². The van der Waals surface area contributed by atoms with Crippen molar-refractivity contribution in [2.75, 3.05) is 23.8 Å². The number of carbonyl (C=O) groups excluding carboxylic acids is 1. The molecule has 0 bridgehead atoms. The van der Waals surface area contributed by atoms with Crippen molar-refractivity contribution in [1.29, 1.82) is 0 Å². The van der Waals surface area contributed by atoms with Crippen LogP contribution in [-0.4, -0.2) is 29.5 Å². The van der Waals surface area contributed by atoms with Crippen LogP contribution in [0.4, 0.5) is 11.5 Å². The Labute approximate surface area is 125 Å². The van der Waals surface area contributed by atoms with E-state index >= 15 is 0 Å². The van der Waals surface area contributed by atoms with Gasteiger partial charge in [0.1, 0.15) is 11.5 Å². The minimum Gasteiger partial charge on any atom is -0.369 e. The summed E-state index contributed by atoms with van der Waals surface area (Å²) in [6, 6.07) is 7.79. The van der Waals surface area contributed by atoms with E-state index in [0.29, 0.717) is 11.5 Å². The topological polar surface area (TPSA) is 58.1 Å². The molecule has 5 heteroatoms. The normalized spacial score (nSPS) is 10.2. The minimum atomic E-state index is -0.173. The van der Waals surface area contributed by atoms with Crippen LogP contribution < -0.4 is 10.2 Å². The van der Waals surface area contributed by atoms with Crippen LogP contribution in [0.1, 0.15) is 29.4 Å². The third-order valence-corrected chi connectivity index (χ3v) is 3.10. The summed E-state index contributed by atoms with van der Waals surface area (Å²) in [4.78, 5) is 22.5. The molecule has 1 amide bonds. The minimum absolute atomic E-state index is 0.173.